The number of hydrogen-bond acceptors (Lipinski definition) is 6. The van der Waals surface area contributed by atoms with Crippen LogP contribution in [-0.4, -0.2) is 37.6 Å². The minimum atomic E-state index is -1.13. The molecule has 0 aromatic heterocycles. The molecule has 158 valence electrons. The summed E-state index contributed by atoms with van der Waals surface area (Å²) in [5.74, 6) is 0.886. The van der Waals surface area contributed by atoms with E-state index in [-0.39, 0.29) is 12.6 Å². The Balaban J connectivity index is 1.91. The largest absolute Gasteiger partial charge is 0.497 e. The smallest absolute Gasteiger partial charge is 0.317 e. The molecular formula is C22H24N2O5S. The fraction of sp³-hybridized carbons (Fsp3) is 0.364. The third kappa shape index (κ3) is 3.02. The number of thiocarbonyl (C=S) groups is 1. The normalized spacial score (nSPS) is 24.3. The number of methoxy groups -OCH3 is 2. The highest BCUT2D eigenvalue weighted by molar-refractivity contribution is 7.80. The Labute approximate surface area is 180 Å². The lowest BCUT2D eigenvalue weighted by Gasteiger charge is -2.55. The van der Waals surface area contributed by atoms with E-state index in [9.17, 15) is 4.79 Å². The molecule has 0 unspecified atom stereocenters. The molecule has 1 N–H and O–H groups in total. The zero-order valence-electron chi connectivity index (χ0n) is 17.3. The maximum atomic E-state index is 13.1. The summed E-state index contributed by atoms with van der Waals surface area (Å²) >= 11 is 5.73. The second kappa shape index (κ2) is 7.68. The molecule has 4 rings (SSSR count). The van der Waals surface area contributed by atoms with Crippen LogP contribution in [0.5, 0.6) is 17.2 Å². The first-order valence-electron chi connectivity index (χ1n) is 9.72. The van der Waals surface area contributed by atoms with Crippen LogP contribution < -0.4 is 24.4 Å². The van der Waals surface area contributed by atoms with E-state index >= 15 is 0 Å². The zero-order chi connectivity index (χ0) is 21.5. The summed E-state index contributed by atoms with van der Waals surface area (Å²) < 4.78 is 22.9. The van der Waals surface area contributed by atoms with Gasteiger partial charge in [0.25, 0.3) is 0 Å². The molecular weight excluding hydrogens is 404 g/mol. The highest BCUT2D eigenvalue weighted by Crippen LogP contribution is 2.51. The molecule has 7 nitrogen and oxygen atoms in total. The highest BCUT2D eigenvalue weighted by Gasteiger charge is 2.60. The van der Waals surface area contributed by atoms with Crippen LogP contribution in [0.2, 0.25) is 0 Å². The van der Waals surface area contributed by atoms with Crippen LogP contribution in [-0.2, 0) is 9.53 Å². The highest BCUT2D eigenvalue weighted by atomic mass is 32.1. The minimum Gasteiger partial charge on any atom is -0.497 e. The molecule has 2 heterocycles. The number of anilines is 1. The van der Waals surface area contributed by atoms with E-state index in [0.29, 0.717) is 28.0 Å². The predicted molar refractivity (Wildman–Crippen MR) is 116 cm³/mol. The van der Waals surface area contributed by atoms with Crippen molar-refractivity contribution in [2.45, 2.75) is 25.6 Å². The topological polar surface area (TPSA) is 69.3 Å². The van der Waals surface area contributed by atoms with E-state index in [1.165, 1.54) is 0 Å². The summed E-state index contributed by atoms with van der Waals surface area (Å²) in [5.41, 5.74) is 0.367. The van der Waals surface area contributed by atoms with Crippen molar-refractivity contribution in [2.75, 3.05) is 25.7 Å². The van der Waals surface area contributed by atoms with Crippen molar-refractivity contribution >= 4 is 29.0 Å². The number of hydrogen-bond donors (Lipinski definition) is 1. The first-order valence-corrected chi connectivity index (χ1v) is 10.1. The van der Waals surface area contributed by atoms with Crippen LogP contribution in [0.4, 0.5) is 5.69 Å². The summed E-state index contributed by atoms with van der Waals surface area (Å²) in [4.78, 5) is 14.9. The SMILES string of the molecule is CCOC(=O)[C@@H]1[C@H]2NC(=S)N(c3ccccc3OC)[C@@]1(C)Oc1ccc(OC)cc12. The fourth-order valence-corrected chi connectivity index (χ4v) is 4.67. The molecule has 0 radical (unpaired) electrons. The molecule has 0 saturated carbocycles. The van der Waals surface area contributed by atoms with E-state index in [2.05, 4.69) is 5.32 Å². The van der Waals surface area contributed by atoms with Crippen molar-refractivity contribution in [3.63, 3.8) is 0 Å². The van der Waals surface area contributed by atoms with Gasteiger partial charge in [-0.3, -0.25) is 9.69 Å². The van der Waals surface area contributed by atoms with Gasteiger partial charge in [-0.15, -0.1) is 0 Å². The molecule has 1 saturated heterocycles. The van der Waals surface area contributed by atoms with Crippen molar-refractivity contribution in [2.24, 2.45) is 5.92 Å². The summed E-state index contributed by atoms with van der Waals surface area (Å²) in [6.45, 7) is 3.91. The summed E-state index contributed by atoms with van der Waals surface area (Å²) in [7, 11) is 3.19. The van der Waals surface area contributed by atoms with Gasteiger partial charge < -0.3 is 24.3 Å². The Kier molecular flexibility index (Phi) is 5.19. The van der Waals surface area contributed by atoms with Crippen LogP contribution in [0.3, 0.4) is 0 Å². The van der Waals surface area contributed by atoms with Gasteiger partial charge in [0.2, 0.25) is 5.72 Å². The number of ether oxygens (including phenoxy) is 4. The summed E-state index contributed by atoms with van der Waals surface area (Å²) in [6.07, 6.45) is 0. The van der Waals surface area contributed by atoms with Gasteiger partial charge in [0, 0.05) is 5.56 Å². The molecule has 2 bridgehead atoms. The van der Waals surface area contributed by atoms with Crippen molar-refractivity contribution < 1.29 is 23.7 Å². The lowest BCUT2D eigenvalue weighted by Crippen LogP contribution is -2.71. The Bertz CT molecular complexity index is 997. The Morgan fingerprint density at radius 2 is 2.00 bits per heavy atom. The average molecular weight is 429 g/mol. The monoisotopic (exact) mass is 428 g/mol. The minimum absolute atomic E-state index is 0.266. The number of carbonyl (C=O) groups excluding carboxylic acids is 1. The number of carbonyl (C=O) groups is 1. The van der Waals surface area contributed by atoms with Crippen molar-refractivity contribution in [3.8, 4) is 17.2 Å². The number of nitrogens with zero attached hydrogens (tertiary/aromatic N) is 1. The average Bonchev–Trinajstić information content (AvgIpc) is 2.73. The maximum absolute atomic E-state index is 13.1. The van der Waals surface area contributed by atoms with Crippen molar-refractivity contribution in [1.82, 2.24) is 5.32 Å². The Hall–Kier alpha value is -3.00. The molecule has 1 fully saturated rings. The predicted octanol–water partition coefficient (Wildman–Crippen LogP) is 3.43. The number of para-hydroxylation sites is 2. The molecule has 0 aliphatic carbocycles. The summed E-state index contributed by atoms with van der Waals surface area (Å²) in [6, 6.07) is 12.6. The van der Waals surface area contributed by atoms with Crippen molar-refractivity contribution in [1.29, 1.82) is 0 Å². The van der Waals surface area contributed by atoms with Gasteiger partial charge in [-0.05, 0) is 56.4 Å². The van der Waals surface area contributed by atoms with Gasteiger partial charge in [0.15, 0.2) is 5.11 Å². The molecule has 2 aliphatic rings. The van der Waals surface area contributed by atoms with E-state index in [0.717, 1.165) is 5.56 Å². The van der Waals surface area contributed by atoms with Gasteiger partial charge >= 0.3 is 5.97 Å². The number of esters is 1. The van der Waals surface area contributed by atoms with Crippen LogP contribution in [0, 0.1) is 5.92 Å². The second-order valence-electron chi connectivity index (χ2n) is 7.22. The summed E-state index contributed by atoms with van der Waals surface area (Å²) in [5, 5.41) is 3.77. The van der Waals surface area contributed by atoms with Crippen molar-refractivity contribution in [3.05, 3.63) is 48.0 Å². The number of nitrogens with one attached hydrogen (secondary N) is 1. The molecule has 8 heteroatoms. The lowest BCUT2D eigenvalue weighted by atomic mass is 9.79. The quantitative estimate of drug-likeness (QED) is 0.574. The van der Waals surface area contributed by atoms with Gasteiger partial charge in [0.1, 0.15) is 23.2 Å². The van der Waals surface area contributed by atoms with Gasteiger partial charge in [-0.25, -0.2) is 0 Å². The molecule has 0 amide bonds. The fourth-order valence-electron chi connectivity index (χ4n) is 4.26. The number of benzene rings is 2. The molecule has 30 heavy (non-hydrogen) atoms. The third-order valence-electron chi connectivity index (χ3n) is 5.57. The van der Waals surface area contributed by atoms with E-state index in [4.69, 9.17) is 31.2 Å². The third-order valence-corrected chi connectivity index (χ3v) is 5.87. The van der Waals surface area contributed by atoms with E-state index < -0.39 is 17.7 Å². The van der Waals surface area contributed by atoms with Crippen LogP contribution in [0.25, 0.3) is 0 Å². The van der Waals surface area contributed by atoms with Gasteiger partial charge in [0.05, 0.1) is 32.6 Å². The first kappa shape index (κ1) is 20.3. The maximum Gasteiger partial charge on any atom is 0.317 e. The van der Waals surface area contributed by atoms with Crippen LogP contribution in [0.1, 0.15) is 25.5 Å². The lowest BCUT2D eigenvalue weighted by molar-refractivity contribution is -0.159. The van der Waals surface area contributed by atoms with E-state index in [1.807, 2.05) is 49.4 Å². The molecule has 2 aliphatic heterocycles. The van der Waals surface area contributed by atoms with Crippen LogP contribution >= 0.6 is 12.2 Å². The zero-order valence-corrected chi connectivity index (χ0v) is 18.1. The van der Waals surface area contributed by atoms with Gasteiger partial charge in [-0.1, -0.05) is 12.1 Å². The first-order chi connectivity index (χ1) is 14.4. The molecule has 0 spiro atoms. The number of fused-ring (bicyclic) bond motifs is 4. The van der Waals surface area contributed by atoms with Crippen LogP contribution in [0.15, 0.2) is 42.5 Å². The van der Waals surface area contributed by atoms with E-state index in [1.54, 1.807) is 26.0 Å². The Morgan fingerprint density at radius 3 is 2.70 bits per heavy atom. The standard InChI is InChI=1S/C22H24N2O5S/c1-5-28-20(25)18-19-14-12-13(26-3)10-11-16(14)29-22(18,2)24(21(30)23-19)15-8-6-7-9-17(15)27-4/h6-12,18-19H,5H2,1-4H3,(H,23,30)/t18-,19-,22-/m0/s1. The molecule has 3 atom stereocenters. The molecule has 2 aromatic rings. The number of rotatable bonds is 5. The Morgan fingerprint density at radius 1 is 1.23 bits per heavy atom. The second-order valence-corrected chi connectivity index (χ2v) is 7.61. The van der Waals surface area contributed by atoms with Gasteiger partial charge in [-0.2, -0.15) is 0 Å². The molecule has 2 aromatic carbocycles.